The quantitative estimate of drug-likeness (QED) is 0.509. The van der Waals surface area contributed by atoms with Crippen LogP contribution < -0.4 is 14.8 Å². The van der Waals surface area contributed by atoms with Gasteiger partial charge in [-0.25, -0.2) is 0 Å². The summed E-state index contributed by atoms with van der Waals surface area (Å²) in [5, 5.41) is 3.62. The monoisotopic (exact) mass is 455 g/mol. The Labute approximate surface area is 189 Å². The van der Waals surface area contributed by atoms with Gasteiger partial charge < -0.3 is 14.8 Å². The fraction of sp³-hybridized carbons (Fsp3) is 0.167. The number of nitrogens with one attached hydrogen (secondary N) is 1. The molecule has 0 unspecified atom stereocenters. The zero-order chi connectivity index (χ0) is 22.0. The van der Waals surface area contributed by atoms with E-state index < -0.39 is 0 Å². The predicted molar refractivity (Wildman–Crippen MR) is 121 cm³/mol. The first kappa shape index (κ1) is 21.2. The van der Waals surface area contributed by atoms with E-state index in [0.717, 1.165) is 35.0 Å². The molecule has 158 valence electrons. The largest absolute Gasteiger partial charge is 0.496 e. The number of benzene rings is 3. The Bertz CT molecular complexity index is 1180. The Hall–Kier alpha value is -3.02. The van der Waals surface area contributed by atoms with Gasteiger partial charge in [0.05, 0.1) is 29.9 Å². The van der Waals surface area contributed by atoms with E-state index in [-0.39, 0.29) is 17.5 Å². The van der Waals surface area contributed by atoms with E-state index in [1.54, 1.807) is 19.2 Å². The molecule has 0 saturated carbocycles. The zero-order valence-corrected chi connectivity index (χ0v) is 18.2. The summed E-state index contributed by atoms with van der Waals surface area (Å²) in [7, 11) is 1.58. The minimum absolute atomic E-state index is 0.239. The number of hydrogen-bond donors (Lipinski definition) is 1. The summed E-state index contributed by atoms with van der Waals surface area (Å²) >= 11 is 12.0. The van der Waals surface area contributed by atoms with Crippen molar-refractivity contribution < 1.29 is 19.1 Å². The summed E-state index contributed by atoms with van der Waals surface area (Å²) in [6.45, 7) is 0.816. The molecule has 0 fully saturated rings. The Morgan fingerprint density at radius 3 is 2.71 bits per heavy atom. The summed E-state index contributed by atoms with van der Waals surface area (Å²) in [5.41, 5.74) is 4.50. The highest BCUT2D eigenvalue weighted by Crippen LogP contribution is 2.35. The molecule has 1 amide bonds. The van der Waals surface area contributed by atoms with Crippen LogP contribution >= 0.6 is 23.2 Å². The topological polar surface area (TPSA) is 64.6 Å². The standard InChI is InChI=1S/C24H19Cl2NO4/c1-30-22-5-2-14(16-9-15-6-7-31-23(15)18(10-16)13-28)8-17(22)12-27-24(29)20-4-3-19(25)11-21(20)26/h2-5,8-11,13H,6-7,12H2,1H3,(H,27,29). The molecule has 4 rings (SSSR count). The summed E-state index contributed by atoms with van der Waals surface area (Å²) in [4.78, 5) is 24.1. The van der Waals surface area contributed by atoms with Crippen LogP contribution in [0, 0.1) is 0 Å². The summed E-state index contributed by atoms with van der Waals surface area (Å²) in [6, 6.07) is 14.3. The van der Waals surface area contributed by atoms with Gasteiger partial charge in [0.25, 0.3) is 5.91 Å². The van der Waals surface area contributed by atoms with Crippen LogP contribution in [0.5, 0.6) is 11.5 Å². The van der Waals surface area contributed by atoms with E-state index in [4.69, 9.17) is 32.7 Å². The maximum atomic E-state index is 12.6. The van der Waals surface area contributed by atoms with Crippen molar-refractivity contribution in [1.29, 1.82) is 0 Å². The molecule has 5 nitrogen and oxygen atoms in total. The smallest absolute Gasteiger partial charge is 0.253 e. The van der Waals surface area contributed by atoms with Crippen LogP contribution in [0.15, 0.2) is 48.5 Å². The normalized spacial score (nSPS) is 12.1. The number of fused-ring (bicyclic) bond motifs is 1. The molecule has 1 N–H and O–H groups in total. The molecule has 1 aliphatic rings. The number of carbonyl (C=O) groups is 2. The molecule has 0 radical (unpaired) electrons. The molecule has 7 heteroatoms. The Balaban J connectivity index is 1.61. The third-order valence-electron chi connectivity index (χ3n) is 5.17. The molecule has 0 aliphatic carbocycles. The van der Waals surface area contributed by atoms with E-state index in [1.807, 2.05) is 30.3 Å². The summed E-state index contributed by atoms with van der Waals surface area (Å²) < 4.78 is 11.0. The third-order valence-corrected chi connectivity index (χ3v) is 5.72. The number of ether oxygens (including phenoxy) is 2. The Morgan fingerprint density at radius 1 is 1.13 bits per heavy atom. The van der Waals surface area contributed by atoms with Crippen molar-refractivity contribution in [3.63, 3.8) is 0 Å². The van der Waals surface area contributed by atoms with Crippen LogP contribution in [-0.4, -0.2) is 25.9 Å². The molecular formula is C24H19Cl2NO4. The van der Waals surface area contributed by atoms with Gasteiger partial charge in [-0.05, 0) is 59.2 Å². The van der Waals surface area contributed by atoms with E-state index in [9.17, 15) is 9.59 Å². The fourth-order valence-corrected chi connectivity index (χ4v) is 4.13. The number of carbonyl (C=O) groups excluding carboxylic acids is 2. The average molecular weight is 456 g/mol. The van der Waals surface area contributed by atoms with Gasteiger partial charge in [0.15, 0.2) is 6.29 Å². The molecule has 0 atom stereocenters. The van der Waals surface area contributed by atoms with E-state index in [1.165, 1.54) is 6.07 Å². The van der Waals surface area contributed by atoms with E-state index in [2.05, 4.69) is 5.32 Å². The SMILES string of the molecule is COc1ccc(-c2cc(C=O)c3c(c2)CCO3)cc1CNC(=O)c1ccc(Cl)cc1Cl. The van der Waals surface area contributed by atoms with Crippen LogP contribution in [0.25, 0.3) is 11.1 Å². The Morgan fingerprint density at radius 2 is 1.97 bits per heavy atom. The van der Waals surface area contributed by atoms with Crippen molar-refractivity contribution in [3.05, 3.63) is 80.8 Å². The molecule has 3 aromatic rings. The van der Waals surface area contributed by atoms with Gasteiger partial charge in [-0.15, -0.1) is 0 Å². The maximum absolute atomic E-state index is 12.6. The number of methoxy groups -OCH3 is 1. The van der Waals surface area contributed by atoms with Gasteiger partial charge in [-0.1, -0.05) is 29.3 Å². The lowest BCUT2D eigenvalue weighted by Crippen LogP contribution is -2.23. The number of aldehydes is 1. The predicted octanol–water partition coefficient (Wildman–Crippen LogP) is 5.35. The highest BCUT2D eigenvalue weighted by molar-refractivity contribution is 6.36. The van der Waals surface area contributed by atoms with Crippen molar-refractivity contribution in [2.45, 2.75) is 13.0 Å². The van der Waals surface area contributed by atoms with Gasteiger partial charge in [-0.3, -0.25) is 9.59 Å². The first-order chi connectivity index (χ1) is 15.0. The van der Waals surface area contributed by atoms with Crippen LogP contribution in [0.2, 0.25) is 10.0 Å². The van der Waals surface area contributed by atoms with E-state index in [0.29, 0.717) is 34.3 Å². The molecule has 1 heterocycles. The highest BCUT2D eigenvalue weighted by Gasteiger charge is 2.19. The first-order valence-electron chi connectivity index (χ1n) is 9.65. The zero-order valence-electron chi connectivity index (χ0n) is 16.7. The van der Waals surface area contributed by atoms with Crippen molar-refractivity contribution in [1.82, 2.24) is 5.32 Å². The fourth-order valence-electron chi connectivity index (χ4n) is 3.63. The lowest BCUT2D eigenvalue weighted by molar-refractivity contribution is 0.0950. The minimum atomic E-state index is -0.313. The van der Waals surface area contributed by atoms with Gasteiger partial charge >= 0.3 is 0 Å². The molecule has 0 saturated heterocycles. The number of hydrogen-bond acceptors (Lipinski definition) is 4. The third kappa shape index (κ3) is 4.38. The van der Waals surface area contributed by atoms with Gasteiger partial charge in [-0.2, -0.15) is 0 Å². The van der Waals surface area contributed by atoms with Crippen LogP contribution in [0.1, 0.15) is 31.8 Å². The molecule has 0 spiro atoms. The molecule has 0 bridgehead atoms. The van der Waals surface area contributed by atoms with E-state index >= 15 is 0 Å². The number of rotatable bonds is 6. The first-order valence-corrected chi connectivity index (χ1v) is 10.4. The molecule has 0 aromatic heterocycles. The maximum Gasteiger partial charge on any atom is 0.253 e. The molecule has 3 aromatic carbocycles. The second kappa shape index (κ2) is 9.00. The Kier molecular flexibility index (Phi) is 6.16. The second-order valence-corrected chi connectivity index (χ2v) is 7.95. The van der Waals surface area contributed by atoms with Gasteiger partial charge in [0.2, 0.25) is 0 Å². The van der Waals surface area contributed by atoms with Crippen LogP contribution in [0.4, 0.5) is 0 Å². The second-order valence-electron chi connectivity index (χ2n) is 7.10. The van der Waals surface area contributed by atoms with Crippen molar-refractivity contribution >= 4 is 35.4 Å². The molecule has 31 heavy (non-hydrogen) atoms. The van der Waals surface area contributed by atoms with Crippen LogP contribution in [0.3, 0.4) is 0 Å². The van der Waals surface area contributed by atoms with Gasteiger partial charge in [0, 0.05) is 23.6 Å². The summed E-state index contributed by atoms with van der Waals surface area (Å²) in [6.07, 6.45) is 1.58. The van der Waals surface area contributed by atoms with Gasteiger partial charge in [0.1, 0.15) is 11.5 Å². The minimum Gasteiger partial charge on any atom is -0.496 e. The summed E-state index contributed by atoms with van der Waals surface area (Å²) in [5.74, 6) is 0.998. The number of amides is 1. The van der Waals surface area contributed by atoms with Crippen LogP contribution in [-0.2, 0) is 13.0 Å². The lowest BCUT2D eigenvalue weighted by atomic mass is 9.97. The van der Waals surface area contributed by atoms with Crippen molar-refractivity contribution in [2.24, 2.45) is 0 Å². The average Bonchev–Trinajstić information content (AvgIpc) is 3.25. The molecular weight excluding hydrogens is 437 g/mol. The highest BCUT2D eigenvalue weighted by atomic mass is 35.5. The lowest BCUT2D eigenvalue weighted by Gasteiger charge is -2.14. The molecule has 1 aliphatic heterocycles. The van der Waals surface area contributed by atoms with Crippen molar-refractivity contribution in [2.75, 3.05) is 13.7 Å². The number of halogens is 2. The van der Waals surface area contributed by atoms with Crippen molar-refractivity contribution in [3.8, 4) is 22.6 Å².